The molecule has 0 amide bonds. The Kier molecular flexibility index (Phi) is 3.95. The van der Waals surface area contributed by atoms with Crippen LogP contribution in [-0.2, 0) is 4.79 Å². The summed E-state index contributed by atoms with van der Waals surface area (Å²) in [5, 5.41) is 19.1. The molecule has 0 bridgehead atoms. The largest absolute Gasteiger partial charge is 0.481 e. The number of aliphatic carboxylic acids is 1. The molecule has 0 spiro atoms. The Labute approximate surface area is 96.0 Å². The van der Waals surface area contributed by atoms with Crippen LogP contribution in [0.4, 0.5) is 5.69 Å². The highest BCUT2D eigenvalue weighted by molar-refractivity contribution is 5.77. The Bertz CT molecular complexity index is 539. The molecule has 86 valence electrons. The molecule has 1 N–H and O–H groups in total. The van der Waals surface area contributed by atoms with E-state index < -0.39 is 17.3 Å². The van der Waals surface area contributed by atoms with Gasteiger partial charge in [0.05, 0.1) is 4.92 Å². The van der Waals surface area contributed by atoms with Crippen molar-refractivity contribution in [2.24, 2.45) is 0 Å². The number of rotatable bonds is 3. The average molecular weight is 233 g/mol. The van der Waals surface area contributed by atoms with Crippen molar-refractivity contribution in [1.82, 2.24) is 0 Å². The summed E-state index contributed by atoms with van der Waals surface area (Å²) >= 11 is 0. The molecular formula is C11H7NO5. The molecule has 6 heteroatoms. The average Bonchev–Trinajstić information content (AvgIpc) is 2.28. The highest BCUT2D eigenvalue weighted by atomic mass is 16.6. The fraction of sp³-hybridized carbons (Fsp3) is 0.0909. The van der Waals surface area contributed by atoms with Gasteiger partial charge in [0.2, 0.25) is 0 Å². The third kappa shape index (κ3) is 3.43. The van der Waals surface area contributed by atoms with Gasteiger partial charge >= 0.3 is 5.97 Å². The SMILES string of the molecule is O=Cc1ccc(C#CCC(=O)O)c([N+](=O)[O-])c1. The Balaban J connectivity index is 3.13. The van der Waals surface area contributed by atoms with Gasteiger partial charge < -0.3 is 5.11 Å². The van der Waals surface area contributed by atoms with E-state index in [0.29, 0.717) is 6.29 Å². The third-order valence-corrected chi connectivity index (χ3v) is 1.82. The minimum Gasteiger partial charge on any atom is -0.481 e. The predicted molar refractivity (Wildman–Crippen MR) is 57.6 cm³/mol. The molecule has 0 atom stereocenters. The van der Waals surface area contributed by atoms with Crippen molar-refractivity contribution < 1.29 is 19.6 Å². The molecular weight excluding hydrogens is 226 g/mol. The Morgan fingerprint density at radius 3 is 2.76 bits per heavy atom. The van der Waals surface area contributed by atoms with Gasteiger partial charge in [-0.1, -0.05) is 11.8 Å². The first kappa shape index (κ1) is 12.4. The maximum Gasteiger partial charge on any atom is 0.315 e. The first-order valence-corrected chi connectivity index (χ1v) is 4.49. The molecule has 0 saturated heterocycles. The van der Waals surface area contributed by atoms with Gasteiger partial charge in [-0.3, -0.25) is 19.7 Å². The molecule has 0 aliphatic carbocycles. The van der Waals surface area contributed by atoms with Crippen molar-refractivity contribution >= 4 is 17.9 Å². The fourth-order valence-corrected chi connectivity index (χ4v) is 1.09. The van der Waals surface area contributed by atoms with Crippen molar-refractivity contribution in [2.45, 2.75) is 6.42 Å². The highest BCUT2D eigenvalue weighted by Gasteiger charge is 2.12. The van der Waals surface area contributed by atoms with E-state index in [1.54, 1.807) is 0 Å². The number of nitro benzene ring substituents is 1. The van der Waals surface area contributed by atoms with E-state index in [2.05, 4.69) is 11.8 Å². The number of carbonyl (C=O) groups is 2. The van der Waals surface area contributed by atoms with Crippen LogP contribution in [-0.4, -0.2) is 22.3 Å². The first-order chi connectivity index (χ1) is 8.04. The molecule has 0 aromatic heterocycles. The number of carboxylic acid groups (broad SMARTS) is 1. The number of benzene rings is 1. The van der Waals surface area contributed by atoms with Gasteiger partial charge in [0.25, 0.3) is 5.69 Å². The van der Waals surface area contributed by atoms with Gasteiger partial charge in [-0.25, -0.2) is 0 Å². The molecule has 1 rings (SSSR count). The molecule has 1 aromatic carbocycles. The zero-order chi connectivity index (χ0) is 12.8. The Morgan fingerprint density at radius 2 is 2.24 bits per heavy atom. The van der Waals surface area contributed by atoms with E-state index in [1.165, 1.54) is 12.1 Å². The van der Waals surface area contributed by atoms with Gasteiger partial charge in [-0.15, -0.1) is 0 Å². The van der Waals surface area contributed by atoms with Crippen LogP contribution < -0.4 is 0 Å². The quantitative estimate of drug-likeness (QED) is 0.366. The minimum absolute atomic E-state index is 0.0850. The topological polar surface area (TPSA) is 97.5 Å². The number of nitro groups is 1. The normalized spacial score (nSPS) is 8.94. The van der Waals surface area contributed by atoms with E-state index >= 15 is 0 Å². The third-order valence-electron chi connectivity index (χ3n) is 1.82. The summed E-state index contributed by atoms with van der Waals surface area (Å²) in [5.74, 6) is 3.57. The van der Waals surface area contributed by atoms with Gasteiger partial charge in [-0.2, -0.15) is 0 Å². The lowest BCUT2D eigenvalue weighted by atomic mass is 10.1. The smallest absolute Gasteiger partial charge is 0.315 e. The van der Waals surface area contributed by atoms with Crippen molar-refractivity contribution in [3.8, 4) is 11.8 Å². The zero-order valence-electron chi connectivity index (χ0n) is 8.54. The van der Waals surface area contributed by atoms with E-state index in [1.807, 2.05) is 0 Å². The molecule has 0 unspecified atom stereocenters. The van der Waals surface area contributed by atoms with Crippen LogP contribution in [0.1, 0.15) is 22.3 Å². The maximum atomic E-state index is 10.7. The first-order valence-electron chi connectivity index (χ1n) is 4.49. The molecule has 17 heavy (non-hydrogen) atoms. The summed E-state index contributed by atoms with van der Waals surface area (Å²) < 4.78 is 0. The molecule has 0 aliphatic rings. The van der Waals surface area contributed by atoms with Gasteiger partial charge in [0, 0.05) is 11.6 Å². The molecule has 6 nitrogen and oxygen atoms in total. The number of carbonyl (C=O) groups excluding carboxylic acids is 1. The lowest BCUT2D eigenvalue weighted by Gasteiger charge is -1.96. The lowest BCUT2D eigenvalue weighted by Crippen LogP contribution is -1.95. The van der Waals surface area contributed by atoms with Gasteiger partial charge in [0.15, 0.2) is 0 Å². The van der Waals surface area contributed by atoms with E-state index in [9.17, 15) is 19.7 Å². The number of carboxylic acids is 1. The Hall–Kier alpha value is -2.68. The van der Waals surface area contributed by atoms with E-state index in [4.69, 9.17) is 5.11 Å². The summed E-state index contributed by atoms with van der Waals surface area (Å²) in [6, 6.07) is 3.79. The number of nitrogens with zero attached hydrogens (tertiary/aromatic N) is 1. The van der Waals surface area contributed by atoms with E-state index in [-0.39, 0.29) is 16.8 Å². The summed E-state index contributed by atoms with van der Waals surface area (Å²) in [6.07, 6.45) is 0.0913. The summed E-state index contributed by atoms with van der Waals surface area (Å²) in [6.45, 7) is 0. The number of hydrogen-bond donors (Lipinski definition) is 1. The van der Waals surface area contributed by atoms with Crippen LogP contribution in [0.3, 0.4) is 0 Å². The predicted octanol–water partition coefficient (Wildman–Crippen LogP) is 1.23. The van der Waals surface area contributed by atoms with Gasteiger partial charge in [-0.05, 0) is 12.1 Å². The highest BCUT2D eigenvalue weighted by Crippen LogP contribution is 2.18. The lowest BCUT2D eigenvalue weighted by molar-refractivity contribution is -0.385. The van der Waals surface area contributed by atoms with Crippen LogP contribution in [0.5, 0.6) is 0 Å². The van der Waals surface area contributed by atoms with Crippen LogP contribution in [0.15, 0.2) is 18.2 Å². The second-order valence-electron chi connectivity index (χ2n) is 3.02. The monoisotopic (exact) mass is 233 g/mol. The van der Waals surface area contributed by atoms with Crippen molar-refractivity contribution in [3.05, 3.63) is 39.4 Å². The molecule has 0 saturated carbocycles. The van der Waals surface area contributed by atoms with Gasteiger partial charge in [0.1, 0.15) is 18.3 Å². The summed E-state index contributed by atoms with van der Waals surface area (Å²) in [4.78, 5) is 30.7. The van der Waals surface area contributed by atoms with E-state index in [0.717, 1.165) is 6.07 Å². The standard InChI is InChI=1S/C11H7NO5/c13-7-8-4-5-9(2-1-3-11(14)15)10(6-8)12(16)17/h4-7H,3H2,(H,14,15). The molecule has 0 aliphatic heterocycles. The minimum atomic E-state index is -1.11. The number of hydrogen-bond acceptors (Lipinski definition) is 4. The maximum absolute atomic E-state index is 10.7. The molecule has 0 radical (unpaired) electrons. The second kappa shape index (κ2) is 5.42. The zero-order valence-corrected chi connectivity index (χ0v) is 8.54. The van der Waals surface area contributed by atoms with Crippen LogP contribution in [0, 0.1) is 22.0 Å². The fourth-order valence-electron chi connectivity index (χ4n) is 1.09. The van der Waals surface area contributed by atoms with Crippen molar-refractivity contribution in [2.75, 3.05) is 0 Å². The Morgan fingerprint density at radius 1 is 1.53 bits per heavy atom. The van der Waals surface area contributed by atoms with Crippen molar-refractivity contribution in [1.29, 1.82) is 0 Å². The van der Waals surface area contributed by atoms with Crippen LogP contribution >= 0.6 is 0 Å². The van der Waals surface area contributed by atoms with Crippen LogP contribution in [0.25, 0.3) is 0 Å². The molecule has 0 heterocycles. The summed E-state index contributed by atoms with van der Waals surface area (Å²) in [5.41, 5.74) is -0.0603. The van der Waals surface area contributed by atoms with Crippen molar-refractivity contribution in [3.63, 3.8) is 0 Å². The number of aldehydes is 1. The molecule has 1 aromatic rings. The second-order valence-corrected chi connectivity index (χ2v) is 3.02. The summed E-state index contributed by atoms with van der Waals surface area (Å²) in [7, 11) is 0. The molecule has 0 fully saturated rings. The van der Waals surface area contributed by atoms with Crippen LogP contribution in [0.2, 0.25) is 0 Å².